The first-order valence-electron chi connectivity index (χ1n) is 7.27. The molecule has 0 atom stereocenters. The molecule has 2 heterocycles. The molecule has 1 aromatic rings. The van der Waals surface area contributed by atoms with Crippen LogP contribution in [-0.2, 0) is 10.4 Å². The maximum atomic E-state index is 15.0. The normalized spacial score (nSPS) is 17.7. The molecule has 1 amide bonds. The molecule has 0 aliphatic carbocycles. The number of alkyl halides is 1. The Bertz CT molecular complexity index is 579. The number of pyridine rings is 1. The van der Waals surface area contributed by atoms with Gasteiger partial charge in [0.05, 0.1) is 11.3 Å². The minimum Gasteiger partial charge on any atom is -0.444 e. The van der Waals surface area contributed by atoms with Crippen LogP contribution in [-0.4, -0.2) is 34.7 Å². The Morgan fingerprint density at radius 3 is 2.50 bits per heavy atom. The third kappa shape index (κ3) is 3.73. The fourth-order valence-corrected chi connectivity index (χ4v) is 2.35. The van der Waals surface area contributed by atoms with E-state index in [0.717, 1.165) is 0 Å². The molecule has 0 unspecified atom stereocenters. The van der Waals surface area contributed by atoms with E-state index < -0.39 is 17.4 Å². The van der Waals surface area contributed by atoms with E-state index in [-0.39, 0.29) is 25.9 Å². The number of rotatable bonds is 1. The number of halogens is 1. The number of hydrogen-bond donors (Lipinski definition) is 0. The van der Waals surface area contributed by atoms with Crippen LogP contribution in [0.25, 0.3) is 0 Å². The van der Waals surface area contributed by atoms with Crippen molar-refractivity contribution in [1.82, 2.24) is 9.88 Å². The first kappa shape index (κ1) is 16.2. The van der Waals surface area contributed by atoms with Gasteiger partial charge in [-0.1, -0.05) is 0 Å². The molecule has 22 heavy (non-hydrogen) atoms. The average molecular weight is 305 g/mol. The van der Waals surface area contributed by atoms with Crippen LogP contribution in [0.3, 0.4) is 0 Å². The number of amides is 1. The van der Waals surface area contributed by atoms with Crippen molar-refractivity contribution in [2.45, 2.75) is 44.9 Å². The van der Waals surface area contributed by atoms with Crippen LogP contribution >= 0.6 is 0 Å². The first-order chi connectivity index (χ1) is 10.2. The Kier molecular flexibility index (Phi) is 4.36. The molecule has 118 valence electrons. The predicted molar refractivity (Wildman–Crippen MR) is 78.8 cm³/mol. The Hall–Kier alpha value is -2.16. The van der Waals surface area contributed by atoms with Crippen LogP contribution in [0.4, 0.5) is 9.18 Å². The summed E-state index contributed by atoms with van der Waals surface area (Å²) in [5, 5.41) is 8.75. The number of aromatic nitrogens is 1. The third-order valence-electron chi connectivity index (χ3n) is 3.56. The van der Waals surface area contributed by atoms with Crippen LogP contribution < -0.4 is 0 Å². The summed E-state index contributed by atoms with van der Waals surface area (Å²) in [6.07, 6.45) is 1.30. The molecular weight excluding hydrogens is 285 g/mol. The summed E-state index contributed by atoms with van der Waals surface area (Å²) in [7, 11) is 0. The maximum Gasteiger partial charge on any atom is 0.410 e. The fraction of sp³-hybridized carbons (Fsp3) is 0.562. The Morgan fingerprint density at radius 1 is 1.41 bits per heavy atom. The zero-order chi connectivity index (χ0) is 16.4. The number of piperidine rings is 1. The number of ether oxygens (including phenoxy) is 1. The number of hydrogen-bond acceptors (Lipinski definition) is 4. The van der Waals surface area contributed by atoms with Crippen molar-refractivity contribution >= 4 is 6.09 Å². The number of carbonyl (C=O) groups is 1. The van der Waals surface area contributed by atoms with E-state index in [9.17, 15) is 9.18 Å². The van der Waals surface area contributed by atoms with Gasteiger partial charge in [0.2, 0.25) is 0 Å². The van der Waals surface area contributed by atoms with Crippen LogP contribution in [0.5, 0.6) is 0 Å². The van der Waals surface area contributed by atoms with Crippen LogP contribution in [0, 0.1) is 11.3 Å². The van der Waals surface area contributed by atoms with Gasteiger partial charge in [-0.25, -0.2) is 9.18 Å². The van der Waals surface area contributed by atoms with Crippen molar-refractivity contribution < 1.29 is 13.9 Å². The highest BCUT2D eigenvalue weighted by molar-refractivity contribution is 5.68. The molecule has 0 aromatic carbocycles. The first-order valence-corrected chi connectivity index (χ1v) is 7.27. The van der Waals surface area contributed by atoms with Crippen molar-refractivity contribution in [2.75, 3.05) is 13.1 Å². The third-order valence-corrected chi connectivity index (χ3v) is 3.56. The molecule has 0 saturated carbocycles. The van der Waals surface area contributed by atoms with Crippen LogP contribution in [0.1, 0.15) is 44.9 Å². The second kappa shape index (κ2) is 5.91. The lowest BCUT2D eigenvalue weighted by Crippen LogP contribution is -2.45. The molecule has 1 aliphatic heterocycles. The summed E-state index contributed by atoms with van der Waals surface area (Å²) in [5.41, 5.74) is -1.41. The fourth-order valence-electron chi connectivity index (χ4n) is 2.35. The summed E-state index contributed by atoms with van der Waals surface area (Å²) in [5.74, 6) is 0. The van der Waals surface area contributed by atoms with Gasteiger partial charge in [-0.15, -0.1) is 0 Å². The Labute approximate surface area is 129 Å². The van der Waals surface area contributed by atoms with E-state index >= 15 is 0 Å². The van der Waals surface area contributed by atoms with Gasteiger partial charge in [-0.2, -0.15) is 5.26 Å². The van der Waals surface area contributed by atoms with Crippen molar-refractivity contribution in [3.05, 3.63) is 29.6 Å². The minimum absolute atomic E-state index is 0.172. The highest BCUT2D eigenvalue weighted by Crippen LogP contribution is 2.36. The lowest BCUT2D eigenvalue weighted by atomic mass is 9.89. The summed E-state index contributed by atoms with van der Waals surface area (Å²) in [4.78, 5) is 17.5. The summed E-state index contributed by atoms with van der Waals surface area (Å²) >= 11 is 0. The highest BCUT2D eigenvalue weighted by atomic mass is 19.1. The largest absolute Gasteiger partial charge is 0.444 e. The van der Waals surface area contributed by atoms with Gasteiger partial charge in [-0.3, -0.25) is 4.98 Å². The van der Waals surface area contributed by atoms with Gasteiger partial charge < -0.3 is 9.64 Å². The quantitative estimate of drug-likeness (QED) is 0.799. The van der Waals surface area contributed by atoms with E-state index in [1.54, 1.807) is 32.9 Å². The molecule has 2 rings (SSSR count). The predicted octanol–water partition coefficient (Wildman–Crippen LogP) is 3.15. The van der Waals surface area contributed by atoms with Crippen molar-refractivity contribution in [3.8, 4) is 6.07 Å². The topological polar surface area (TPSA) is 66.2 Å². The molecular formula is C16H20FN3O2. The molecule has 1 fully saturated rings. The number of nitriles is 1. The van der Waals surface area contributed by atoms with Gasteiger partial charge in [0.25, 0.3) is 0 Å². The minimum atomic E-state index is -1.56. The smallest absolute Gasteiger partial charge is 0.410 e. The van der Waals surface area contributed by atoms with Crippen molar-refractivity contribution in [2.24, 2.45) is 0 Å². The van der Waals surface area contributed by atoms with E-state index in [4.69, 9.17) is 10.00 Å². The van der Waals surface area contributed by atoms with E-state index in [1.807, 2.05) is 6.07 Å². The van der Waals surface area contributed by atoms with Crippen molar-refractivity contribution in [3.63, 3.8) is 0 Å². The second-order valence-corrected chi connectivity index (χ2v) is 6.48. The van der Waals surface area contributed by atoms with Crippen LogP contribution in [0.2, 0.25) is 0 Å². The molecule has 1 aromatic heterocycles. The Balaban J connectivity index is 2.01. The molecule has 5 nitrogen and oxygen atoms in total. The van der Waals surface area contributed by atoms with Gasteiger partial charge in [-0.05, 0) is 32.9 Å². The molecule has 1 saturated heterocycles. The van der Waals surface area contributed by atoms with Crippen LogP contribution in [0.15, 0.2) is 18.3 Å². The summed E-state index contributed by atoms with van der Waals surface area (Å²) < 4.78 is 20.3. The molecule has 6 heteroatoms. The standard InChI is InChI=1S/C16H20FN3O2/c1-15(2,3)22-14(21)20-8-6-16(17,7-9-20)13-5-4-12(10-18)11-19-13/h4-5,11H,6-9H2,1-3H3. The lowest BCUT2D eigenvalue weighted by Gasteiger charge is -2.36. The summed E-state index contributed by atoms with van der Waals surface area (Å²) in [6.45, 7) is 5.97. The van der Waals surface area contributed by atoms with E-state index in [1.165, 1.54) is 11.1 Å². The average Bonchev–Trinajstić information content (AvgIpc) is 2.46. The monoisotopic (exact) mass is 305 g/mol. The molecule has 0 spiro atoms. The number of nitrogens with zero attached hydrogens (tertiary/aromatic N) is 3. The number of carbonyl (C=O) groups excluding carboxylic acids is 1. The number of likely N-dealkylation sites (tertiary alicyclic amines) is 1. The molecule has 0 radical (unpaired) electrons. The molecule has 1 aliphatic rings. The zero-order valence-electron chi connectivity index (χ0n) is 13.1. The van der Waals surface area contributed by atoms with Gasteiger partial charge >= 0.3 is 6.09 Å². The summed E-state index contributed by atoms with van der Waals surface area (Å²) in [6, 6.07) is 5.06. The molecule has 0 bridgehead atoms. The zero-order valence-corrected chi connectivity index (χ0v) is 13.1. The van der Waals surface area contributed by atoms with Gasteiger partial charge in [0, 0.05) is 32.1 Å². The molecule has 0 N–H and O–H groups in total. The van der Waals surface area contributed by atoms with Crippen molar-refractivity contribution in [1.29, 1.82) is 5.26 Å². The highest BCUT2D eigenvalue weighted by Gasteiger charge is 2.39. The lowest BCUT2D eigenvalue weighted by molar-refractivity contribution is 0.00126. The van der Waals surface area contributed by atoms with Gasteiger partial charge in [0.15, 0.2) is 5.67 Å². The van der Waals surface area contributed by atoms with Gasteiger partial charge in [0.1, 0.15) is 11.7 Å². The Morgan fingerprint density at radius 2 is 2.05 bits per heavy atom. The second-order valence-electron chi connectivity index (χ2n) is 6.48. The SMILES string of the molecule is CC(C)(C)OC(=O)N1CCC(F)(c2ccc(C#N)cn2)CC1. The van der Waals surface area contributed by atoms with E-state index in [0.29, 0.717) is 11.3 Å². The maximum absolute atomic E-state index is 15.0. The van der Waals surface area contributed by atoms with E-state index in [2.05, 4.69) is 4.98 Å².